The van der Waals surface area contributed by atoms with Gasteiger partial charge < -0.3 is 5.32 Å². The van der Waals surface area contributed by atoms with E-state index < -0.39 is 12.1 Å². The van der Waals surface area contributed by atoms with Crippen molar-refractivity contribution in [3.05, 3.63) is 28.2 Å². The van der Waals surface area contributed by atoms with Crippen LogP contribution in [0.2, 0.25) is 10.0 Å². The van der Waals surface area contributed by atoms with Crippen LogP contribution >= 0.6 is 23.2 Å². The Balaban J connectivity index is 2.38. The zero-order chi connectivity index (χ0) is 15.7. The van der Waals surface area contributed by atoms with Crippen LogP contribution in [0.3, 0.4) is 0 Å². The molecule has 1 saturated heterocycles. The molecular weight excluding hydrogens is 311 g/mol. The topological polar surface area (TPSA) is 49.4 Å². The summed E-state index contributed by atoms with van der Waals surface area (Å²) in [6.45, 7) is 5.71. The van der Waals surface area contributed by atoms with Crippen molar-refractivity contribution in [1.82, 2.24) is 5.32 Å². The van der Waals surface area contributed by atoms with Crippen molar-refractivity contribution in [3.8, 4) is 0 Å². The number of benzene rings is 1. The molecule has 21 heavy (non-hydrogen) atoms. The summed E-state index contributed by atoms with van der Waals surface area (Å²) in [7, 11) is 0. The van der Waals surface area contributed by atoms with Gasteiger partial charge in [-0.2, -0.15) is 0 Å². The lowest BCUT2D eigenvalue weighted by atomic mass is 9.98. The van der Waals surface area contributed by atoms with Crippen LogP contribution in [0.5, 0.6) is 0 Å². The van der Waals surface area contributed by atoms with Crippen molar-refractivity contribution < 1.29 is 9.59 Å². The predicted molar refractivity (Wildman–Crippen MR) is 84.8 cm³/mol. The third-order valence-corrected chi connectivity index (χ3v) is 4.03. The fourth-order valence-corrected chi connectivity index (χ4v) is 2.96. The van der Waals surface area contributed by atoms with Crippen molar-refractivity contribution in [1.29, 1.82) is 0 Å². The smallest absolute Gasteiger partial charge is 0.250 e. The molecule has 0 aliphatic carbocycles. The monoisotopic (exact) mass is 328 g/mol. The van der Waals surface area contributed by atoms with E-state index in [9.17, 15) is 9.59 Å². The molecule has 1 heterocycles. The van der Waals surface area contributed by atoms with Gasteiger partial charge in [0.15, 0.2) is 0 Å². The number of hydrogen-bond acceptors (Lipinski definition) is 2. The van der Waals surface area contributed by atoms with Gasteiger partial charge in [-0.15, -0.1) is 0 Å². The molecule has 1 aliphatic rings. The summed E-state index contributed by atoms with van der Waals surface area (Å²) in [6.07, 6.45) is 0.596. The Morgan fingerprint density at radius 1 is 1.29 bits per heavy atom. The number of halogens is 2. The Labute approximate surface area is 134 Å². The highest BCUT2D eigenvalue weighted by molar-refractivity contribution is 6.37. The summed E-state index contributed by atoms with van der Waals surface area (Å²) < 4.78 is 0. The van der Waals surface area contributed by atoms with Gasteiger partial charge in [0.1, 0.15) is 12.1 Å². The summed E-state index contributed by atoms with van der Waals surface area (Å²) in [5, 5.41) is 3.63. The van der Waals surface area contributed by atoms with E-state index in [4.69, 9.17) is 23.2 Å². The number of carbonyl (C=O) groups is 2. The van der Waals surface area contributed by atoms with Crippen molar-refractivity contribution >= 4 is 40.7 Å². The minimum absolute atomic E-state index is 0.139. The van der Waals surface area contributed by atoms with E-state index in [1.807, 2.05) is 13.8 Å². The van der Waals surface area contributed by atoms with E-state index in [1.165, 1.54) is 4.90 Å². The Morgan fingerprint density at radius 2 is 1.95 bits per heavy atom. The number of amides is 2. The molecule has 1 aliphatic heterocycles. The summed E-state index contributed by atoms with van der Waals surface area (Å²) >= 11 is 12.1. The van der Waals surface area contributed by atoms with Gasteiger partial charge in [0.2, 0.25) is 11.8 Å². The normalized spacial score (nSPS) is 22.7. The lowest BCUT2D eigenvalue weighted by molar-refractivity contribution is -0.133. The number of nitrogens with zero attached hydrogens (tertiary/aromatic N) is 1. The standard InChI is InChI=1S/C15H18Cl2N2O2/c1-8(2)6-12-15(21)19(9(3)14(20)18-12)13-5-4-10(16)7-11(13)17/h4-5,7-9,12H,6H2,1-3H3,(H,18,20). The summed E-state index contributed by atoms with van der Waals surface area (Å²) in [5.41, 5.74) is 0.516. The molecule has 0 aromatic heterocycles. The van der Waals surface area contributed by atoms with Crippen molar-refractivity contribution in [3.63, 3.8) is 0 Å². The van der Waals surface area contributed by atoms with Crippen LogP contribution in [-0.4, -0.2) is 23.9 Å². The zero-order valence-electron chi connectivity index (χ0n) is 12.2. The molecule has 0 spiro atoms. The van der Waals surface area contributed by atoms with Crippen molar-refractivity contribution in [2.24, 2.45) is 5.92 Å². The van der Waals surface area contributed by atoms with Gasteiger partial charge in [-0.1, -0.05) is 37.0 Å². The van der Waals surface area contributed by atoms with Gasteiger partial charge in [0, 0.05) is 5.02 Å². The molecule has 4 nitrogen and oxygen atoms in total. The quantitative estimate of drug-likeness (QED) is 0.925. The minimum atomic E-state index is -0.598. The Hall–Kier alpha value is -1.26. The molecule has 1 aromatic rings. The third-order valence-electron chi connectivity index (χ3n) is 3.50. The van der Waals surface area contributed by atoms with Crippen LogP contribution in [0.1, 0.15) is 27.2 Å². The fraction of sp³-hybridized carbons (Fsp3) is 0.467. The number of anilines is 1. The van der Waals surface area contributed by atoms with Gasteiger partial charge in [-0.25, -0.2) is 0 Å². The van der Waals surface area contributed by atoms with E-state index in [0.29, 0.717) is 28.1 Å². The molecule has 114 valence electrons. The molecule has 6 heteroatoms. The zero-order valence-corrected chi connectivity index (χ0v) is 13.7. The van der Waals surface area contributed by atoms with Gasteiger partial charge in [-0.3, -0.25) is 14.5 Å². The number of piperazine rings is 1. The van der Waals surface area contributed by atoms with E-state index in [-0.39, 0.29) is 11.8 Å². The second-order valence-electron chi connectivity index (χ2n) is 5.67. The summed E-state index contributed by atoms with van der Waals surface area (Å²) in [4.78, 5) is 26.3. The predicted octanol–water partition coefficient (Wildman–Crippen LogP) is 3.26. The van der Waals surface area contributed by atoms with E-state index >= 15 is 0 Å². The molecule has 0 bridgehead atoms. The van der Waals surface area contributed by atoms with Gasteiger partial charge in [0.05, 0.1) is 10.7 Å². The molecule has 2 atom stereocenters. The lowest BCUT2D eigenvalue weighted by Gasteiger charge is -2.38. The first kappa shape index (κ1) is 16.1. The van der Waals surface area contributed by atoms with Crippen molar-refractivity contribution in [2.45, 2.75) is 39.3 Å². The van der Waals surface area contributed by atoms with E-state index in [1.54, 1.807) is 25.1 Å². The first-order chi connectivity index (χ1) is 9.81. The van der Waals surface area contributed by atoms with Crippen LogP contribution in [0, 0.1) is 5.92 Å². The molecule has 2 rings (SSSR count). The molecular formula is C15H18Cl2N2O2. The first-order valence-electron chi connectivity index (χ1n) is 6.89. The maximum atomic E-state index is 12.7. The summed E-state index contributed by atoms with van der Waals surface area (Å²) in [5.74, 6) is -0.0125. The van der Waals surface area contributed by atoms with E-state index in [2.05, 4.69) is 5.32 Å². The number of carbonyl (C=O) groups excluding carboxylic acids is 2. The Morgan fingerprint density at radius 3 is 2.52 bits per heavy atom. The molecule has 1 aromatic carbocycles. The van der Waals surface area contributed by atoms with Gasteiger partial charge in [0.25, 0.3) is 0 Å². The van der Waals surface area contributed by atoms with Crippen LogP contribution < -0.4 is 10.2 Å². The first-order valence-corrected chi connectivity index (χ1v) is 7.65. The average molecular weight is 329 g/mol. The van der Waals surface area contributed by atoms with Crippen LogP contribution in [0.25, 0.3) is 0 Å². The summed E-state index contributed by atoms with van der Waals surface area (Å²) in [6, 6.07) is 3.79. The molecule has 2 unspecified atom stereocenters. The highest BCUT2D eigenvalue weighted by Gasteiger charge is 2.39. The van der Waals surface area contributed by atoms with Crippen LogP contribution in [-0.2, 0) is 9.59 Å². The second-order valence-corrected chi connectivity index (χ2v) is 6.51. The highest BCUT2D eigenvalue weighted by atomic mass is 35.5. The van der Waals surface area contributed by atoms with Crippen molar-refractivity contribution in [2.75, 3.05) is 4.90 Å². The molecule has 1 fully saturated rings. The Kier molecular flexibility index (Phi) is 4.79. The number of nitrogens with one attached hydrogen (secondary N) is 1. The second kappa shape index (κ2) is 6.24. The fourth-order valence-electron chi connectivity index (χ4n) is 2.47. The SMILES string of the molecule is CC(C)CC1NC(=O)C(C)N(c2ccc(Cl)cc2Cl)C1=O. The van der Waals surface area contributed by atoms with E-state index in [0.717, 1.165) is 0 Å². The van der Waals surface area contributed by atoms with Crippen LogP contribution in [0.4, 0.5) is 5.69 Å². The number of hydrogen-bond donors (Lipinski definition) is 1. The molecule has 2 amide bonds. The van der Waals surface area contributed by atoms with Gasteiger partial charge in [-0.05, 0) is 37.5 Å². The van der Waals surface area contributed by atoms with Gasteiger partial charge >= 0.3 is 0 Å². The molecule has 0 saturated carbocycles. The average Bonchev–Trinajstić information content (AvgIpc) is 2.38. The third kappa shape index (κ3) is 3.33. The van der Waals surface area contributed by atoms with Crippen LogP contribution in [0.15, 0.2) is 18.2 Å². The minimum Gasteiger partial charge on any atom is -0.342 e. The molecule has 0 radical (unpaired) electrons. The Bertz CT molecular complexity index is 575. The molecule has 1 N–H and O–H groups in total. The highest BCUT2D eigenvalue weighted by Crippen LogP contribution is 2.32. The maximum Gasteiger partial charge on any atom is 0.250 e. The lowest BCUT2D eigenvalue weighted by Crippen LogP contribution is -2.63. The number of rotatable bonds is 3. The largest absolute Gasteiger partial charge is 0.342 e. The maximum absolute atomic E-state index is 12.7.